The molecule has 1 nitrogen and oxygen atoms in total. The van der Waals surface area contributed by atoms with E-state index in [0.29, 0.717) is 0 Å². The molecule has 4 aromatic rings. The van der Waals surface area contributed by atoms with Crippen molar-refractivity contribution in [1.29, 1.82) is 0 Å². The van der Waals surface area contributed by atoms with E-state index in [4.69, 9.17) is 0 Å². The zero-order valence-electron chi connectivity index (χ0n) is 12.3. The van der Waals surface area contributed by atoms with Gasteiger partial charge in [0.25, 0.3) is 0 Å². The highest BCUT2D eigenvalue weighted by Crippen LogP contribution is 2.39. The van der Waals surface area contributed by atoms with E-state index >= 15 is 0 Å². The smallest absolute Gasteiger partial charge is 0.105 e. The van der Waals surface area contributed by atoms with Gasteiger partial charge in [-0.1, -0.05) is 60.2 Å². The molecule has 0 aliphatic carbocycles. The summed E-state index contributed by atoms with van der Waals surface area (Å²) >= 11 is 1.78. The number of rotatable bonds is 2. The third-order valence-corrected chi connectivity index (χ3v) is 5.26. The van der Waals surface area contributed by atoms with Crippen LogP contribution in [0.25, 0.3) is 20.2 Å². The summed E-state index contributed by atoms with van der Waals surface area (Å²) in [5.41, 5.74) is 3.13. The van der Waals surface area contributed by atoms with Crippen LogP contribution in [-0.4, -0.2) is 5.11 Å². The quantitative estimate of drug-likeness (QED) is 0.522. The average molecular weight is 304 g/mol. The van der Waals surface area contributed by atoms with E-state index < -0.39 is 6.10 Å². The molecule has 2 heteroatoms. The second-order valence-electron chi connectivity index (χ2n) is 5.63. The van der Waals surface area contributed by atoms with E-state index in [-0.39, 0.29) is 0 Å². The van der Waals surface area contributed by atoms with Crippen molar-refractivity contribution in [1.82, 2.24) is 0 Å². The van der Waals surface area contributed by atoms with Crippen molar-refractivity contribution in [3.05, 3.63) is 83.4 Å². The van der Waals surface area contributed by atoms with Crippen LogP contribution in [0.1, 0.15) is 22.8 Å². The SMILES string of the molecule is Cc1ccc(C(O)c2cccc3sc4ccccc4c23)cc1. The van der Waals surface area contributed by atoms with Crippen LogP contribution in [0, 0.1) is 6.92 Å². The molecule has 1 N–H and O–H groups in total. The van der Waals surface area contributed by atoms with Crippen LogP contribution in [0.15, 0.2) is 66.7 Å². The van der Waals surface area contributed by atoms with Gasteiger partial charge in [-0.15, -0.1) is 11.3 Å². The third-order valence-electron chi connectivity index (χ3n) is 4.12. The first-order valence-corrected chi connectivity index (χ1v) is 8.20. The normalized spacial score (nSPS) is 12.8. The predicted molar refractivity (Wildman–Crippen MR) is 94.6 cm³/mol. The number of benzene rings is 3. The van der Waals surface area contributed by atoms with E-state index in [1.165, 1.54) is 25.7 Å². The fraction of sp³-hybridized carbons (Fsp3) is 0.100. The van der Waals surface area contributed by atoms with Gasteiger partial charge in [0.2, 0.25) is 0 Å². The number of aryl methyl sites for hydroxylation is 1. The molecule has 0 saturated heterocycles. The fourth-order valence-corrected chi connectivity index (χ4v) is 4.10. The van der Waals surface area contributed by atoms with Crippen molar-refractivity contribution in [2.75, 3.05) is 0 Å². The first kappa shape index (κ1) is 13.5. The molecule has 22 heavy (non-hydrogen) atoms. The first-order chi connectivity index (χ1) is 10.7. The molecule has 0 fully saturated rings. The van der Waals surface area contributed by atoms with Gasteiger partial charge < -0.3 is 5.11 Å². The molecule has 1 unspecified atom stereocenters. The zero-order chi connectivity index (χ0) is 15.1. The summed E-state index contributed by atoms with van der Waals surface area (Å²) in [6.45, 7) is 2.06. The van der Waals surface area contributed by atoms with Gasteiger partial charge in [-0.05, 0) is 30.2 Å². The Morgan fingerprint density at radius 3 is 2.36 bits per heavy atom. The van der Waals surface area contributed by atoms with Gasteiger partial charge in [0.05, 0.1) is 0 Å². The largest absolute Gasteiger partial charge is 0.384 e. The van der Waals surface area contributed by atoms with Crippen molar-refractivity contribution in [3.8, 4) is 0 Å². The highest BCUT2D eigenvalue weighted by molar-refractivity contribution is 7.25. The monoisotopic (exact) mass is 304 g/mol. The molecule has 1 heterocycles. The number of thiophene rings is 1. The van der Waals surface area contributed by atoms with Gasteiger partial charge in [-0.3, -0.25) is 0 Å². The van der Waals surface area contributed by atoms with Crippen LogP contribution in [0.2, 0.25) is 0 Å². The van der Waals surface area contributed by atoms with Crippen LogP contribution in [0.5, 0.6) is 0 Å². The Labute approximate surface area is 133 Å². The Hall–Kier alpha value is -2.16. The molecule has 0 aliphatic rings. The molecule has 0 bridgehead atoms. The van der Waals surface area contributed by atoms with Crippen molar-refractivity contribution < 1.29 is 5.11 Å². The Bertz CT molecular complexity index is 950. The minimum absolute atomic E-state index is 0.595. The molecule has 0 radical (unpaired) electrons. The highest BCUT2D eigenvalue weighted by Gasteiger charge is 2.16. The highest BCUT2D eigenvalue weighted by atomic mass is 32.1. The van der Waals surface area contributed by atoms with Crippen LogP contribution < -0.4 is 0 Å². The summed E-state index contributed by atoms with van der Waals surface area (Å²) in [6.07, 6.45) is -0.595. The van der Waals surface area contributed by atoms with Crippen molar-refractivity contribution in [3.63, 3.8) is 0 Å². The lowest BCUT2D eigenvalue weighted by Gasteiger charge is -2.13. The van der Waals surface area contributed by atoms with Crippen LogP contribution >= 0.6 is 11.3 Å². The second kappa shape index (κ2) is 5.24. The Morgan fingerprint density at radius 2 is 1.55 bits per heavy atom. The van der Waals surface area contributed by atoms with E-state index in [0.717, 1.165) is 11.1 Å². The molecule has 0 aliphatic heterocycles. The third kappa shape index (κ3) is 2.12. The molecular weight excluding hydrogens is 288 g/mol. The van der Waals surface area contributed by atoms with Crippen molar-refractivity contribution in [2.24, 2.45) is 0 Å². The van der Waals surface area contributed by atoms with Crippen molar-refractivity contribution >= 4 is 31.5 Å². The maximum atomic E-state index is 10.9. The van der Waals surface area contributed by atoms with Gasteiger partial charge in [0, 0.05) is 20.2 Å². The Kier molecular flexibility index (Phi) is 3.21. The fourth-order valence-electron chi connectivity index (χ4n) is 2.96. The van der Waals surface area contributed by atoms with Gasteiger partial charge >= 0.3 is 0 Å². The number of aliphatic hydroxyl groups excluding tert-OH is 1. The molecule has 1 aromatic heterocycles. The summed E-state index contributed by atoms with van der Waals surface area (Å²) < 4.78 is 2.49. The van der Waals surface area contributed by atoms with Crippen LogP contribution in [-0.2, 0) is 0 Å². The molecule has 1 atom stereocenters. The topological polar surface area (TPSA) is 20.2 Å². The van der Waals surface area contributed by atoms with Gasteiger partial charge in [-0.25, -0.2) is 0 Å². The number of hydrogen-bond donors (Lipinski definition) is 1. The summed E-state index contributed by atoms with van der Waals surface area (Å²) in [5, 5.41) is 13.3. The van der Waals surface area contributed by atoms with Crippen molar-refractivity contribution in [2.45, 2.75) is 13.0 Å². The lowest BCUT2D eigenvalue weighted by Crippen LogP contribution is -2.00. The lowest BCUT2D eigenvalue weighted by atomic mass is 9.96. The summed E-state index contributed by atoms with van der Waals surface area (Å²) in [6, 6.07) is 22.7. The van der Waals surface area contributed by atoms with E-state index in [2.05, 4.69) is 37.3 Å². The predicted octanol–water partition coefficient (Wildman–Crippen LogP) is 5.44. The summed E-state index contributed by atoms with van der Waals surface area (Å²) in [7, 11) is 0. The Morgan fingerprint density at radius 1 is 0.818 bits per heavy atom. The first-order valence-electron chi connectivity index (χ1n) is 7.39. The standard InChI is InChI=1S/C20H16OS/c1-13-9-11-14(12-10-13)20(21)16-6-4-8-18-19(16)15-5-2-3-7-17(15)22-18/h2-12,20-21H,1H3. The lowest BCUT2D eigenvalue weighted by molar-refractivity contribution is 0.222. The number of aliphatic hydroxyl groups is 1. The van der Waals surface area contributed by atoms with E-state index in [9.17, 15) is 5.11 Å². The van der Waals surface area contributed by atoms with Crippen LogP contribution in [0.4, 0.5) is 0 Å². The van der Waals surface area contributed by atoms with Crippen LogP contribution in [0.3, 0.4) is 0 Å². The second-order valence-corrected chi connectivity index (χ2v) is 6.72. The molecule has 0 saturated carbocycles. The summed E-state index contributed by atoms with van der Waals surface area (Å²) in [4.78, 5) is 0. The Balaban J connectivity index is 1.96. The van der Waals surface area contributed by atoms with E-state index in [1.54, 1.807) is 11.3 Å². The minimum Gasteiger partial charge on any atom is -0.384 e. The molecule has 108 valence electrons. The number of hydrogen-bond acceptors (Lipinski definition) is 2. The van der Waals surface area contributed by atoms with E-state index in [1.807, 2.05) is 36.4 Å². The van der Waals surface area contributed by atoms with Gasteiger partial charge in [0.15, 0.2) is 0 Å². The van der Waals surface area contributed by atoms with Gasteiger partial charge in [-0.2, -0.15) is 0 Å². The maximum Gasteiger partial charge on any atom is 0.105 e. The molecular formula is C20H16OS. The minimum atomic E-state index is -0.595. The maximum absolute atomic E-state index is 10.9. The van der Waals surface area contributed by atoms with Gasteiger partial charge in [0.1, 0.15) is 6.10 Å². The molecule has 4 rings (SSSR count). The number of fused-ring (bicyclic) bond motifs is 3. The average Bonchev–Trinajstić information content (AvgIpc) is 2.93. The summed E-state index contributed by atoms with van der Waals surface area (Å²) in [5.74, 6) is 0. The molecule has 0 spiro atoms. The molecule has 0 amide bonds. The zero-order valence-corrected chi connectivity index (χ0v) is 13.1. The molecule has 3 aromatic carbocycles.